The van der Waals surface area contributed by atoms with Gasteiger partial charge in [0, 0.05) is 23.2 Å². The van der Waals surface area contributed by atoms with Crippen molar-refractivity contribution in [1.29, 1.82) is 0 Å². The van der Waals surface area contributed by atoms with Crippen LogP contribution in [-0.4, -0.2) is 65.1 Å². The number of hydrogen-bond acceptors (Lipinski definition) is 7. The number of morpholine rings is 1. The number of benzene rings is 1. The maximum atomic E-state index is 12.3. The molecule has 30 heavy (non-hydrogen) atoms. The minimum atomic E-state index is -1.04. The number of thiazole rings is 1. The molecule has 1 amide bonds. The highest BCUT2D eigenvalue weighted by atomic mass is 32.1. The lowest BCUT2D eigenvalue weighted by Crippen LogP contribution is -2.49. The average Bonchev–Trinajstić information content (AvgIpc) is 3.11. The molecule has 0 unspecified atom stereocenters. The first-order chi connectivity index (χ1) is 14.1. The molecule has 9 heteroatoms. The van der Waals surface area contributed by atoms with Crippen LogP contribution in [0.25, 0.3) is 10.6 Å². The van der Waals surface area contributed by atoms with Crippen LogP contribution in [0.5, 0.6) is 5.75 Å². The average molecular weight is 435 g/mol. The molecule has 0 bridgehead atoms. The quantitative estimate of drug-likeness (QED) is 0.764. The summed E-state index contributed by atoms with van der Waals surface area (Å²) in [4.78, 5) is 30.8. The molecular weight excluding hydrogens is 408 g/mol. The summed E-state index contributed by atoms with van der Waals surface area (Å²) in [6.07, 6.45) is 1.02. The van der Waals surface area contributed by atoms with Gasteiger partial charge >= 0.3 is 12.1 Å². The topological polar surface area (TPSA) is 98.2 Å². The fraction of sp³-hybridized carbons (Fsp3) is 0.476. The SMILES string of the molecule is Cc1cnc(-c2cc(OC[C@H]3CN(C(=O)OC(C)(C)C)CCO3)cc(C(=O)O)c2)s1. The third-order valence-corrected chi connectivity index (χ3v) is 5.21. The van der Waals surface area contributed by atoms with E-state index in [9.17, 15) is 14.7 Å². The number of aryl methyl sites for hydroxylation is 1. The molecule has 1 aromatic heterocycles. The molecule has 1 fully saturated rings. The van der Waals surface area contributed by atoms with Crippen LogP contribution in [0.2, 0.25) is 0 Å². The molecule has 3 rings (SSSR count). The second-order valence-corrected chi connectivity index (χ2v) is 9.29. The van der Waals surface area contributed by atoms with E-state index in [1.54, 1.807) is 23.2 Å². The van der Waals surface area contributed by atoms with Crippen molar-refractivity contribution in [3.05, 3.63) is 34.8 Å². The minimum absolute atomic E-state index is 0.121. The van der Waals surface area contributed by atoms with Gasteiger partial charge in [-0.25, -0.2) is 14.6 Å². The van der Waals surface area contributed by atoms with Gasteiger partial charge in [-0.15, -0.1) is 11.3 Å². The lowest BCUT2D eigenvalue weighted by molar-refractivity contribution is -0.0557. The number of carboxylic acid groups (broad SMARTS) is 1. The van der Waals surface area contributed by atoms with Crippen molar-refractivity contribution in [2.75, 3.05) is 26.3 Å². The Morgan fingerprint density at radius 1 is 1.33 bits per heavy atom. The maximum absolute atomic E-state index is 12.3. The second kappa shape index (κ2) is 9.01. The number of aromatic carboxylic acids is 1. The Balaban J connectivity index is 1.68. The van der Waals surface area contributed by atoms with Crippen molar-refractivity contribution in [2.45, 2.75) is 39.4 Å². The number of nitrogens with zero attached hydrogens (tertiary/aromatic N) is 2. The lowest BCUT2D eigenvalue weighted by Gasteiger charge is -2.34. The van der Waals surface area contributed by atoms with Crippen LogP contribution in [0.1, 0.15) is 36.0 Å². The van der Waals surface area contributed by atoms with Crippen molar-refractivity contribution < 1.29 is 28.9 Å². The van der Waals surface area contributed by atoms with E-state index in [1.807, 2.05) is 27.7 Å². The Kier molecular flexibility index (Phi) is 6.62. The van der Waals surface area contributed by atoms with Crippen molar-refractivity contribution in [1.82, 2.24) is 9.88 Å². The van der Waals surface area contributed by atoms with E-state index in [1.165, 1.54) is 17.4 Å². The van der Waals surface area contributed by atoms with Crippen molar-refractivity contribution in [2.24, 2.45) is 0 Å². The summed E-state index contributed by atoms with van der Waals surface area (Å²) >= 11 is 1.48. The molecule has 2 heterocycles. The lowest BCUT2D eigenvalue weighted by atomic mass is 10.1. The molecule has 1 aliphatic rings. The molecule has 162 valence electrons. The van der Waals surface area contributed by atoms with Crippen LogP contribution >= 0.6 is 11.3 Å². The first-order valence-corrected chi connectivity index (χ1v) is 10.5. The van der Waals surface area contributed by atoms with E-state index in [4.69, 9.17) is 14.2 Å². The van der Waals surface area contributed by atoms with Gasteiger partial charge in [0.15, 0.2) is 0 Å². The van der Waals surface area contributed by atoms with Gasteiger partial charge in [-0.2, -0.15) is 0 Å². The van der Waals surface area contributed by atoms with E-state index >= 15 is 0 Å². The van der Waals surface area contributed by atoms with Crippen LogP contribution < -0.4 is 4.74 Å². The van der Waals surface area contributed by atoms with Crippen LogP contribution in [0.3, 0.4) is 0 Å². The summed E-state index contributed by atoms with van der Waals surface area (Å²) in [5.41, 5.74) is 0.238. The Bertz CT molecular complexity index is 920. The van der Waals surface area contributed by atoms with Crippen LogP contribution in [0.15, 0.2) is 24.4 Å². The molecule has 1 aromatic carbocycles. The predicted molar refractivity (Wildman–Crippen MR) is 112 cm³/mol. The van der Waals surface area contributed by atoms with Crippen molar-refractivity contribution >= 4 is 23.4 Å². The Hall–Kier alpha value is -2.65. The molecule has 1 saturated heterocycles. The van der Waals surface area contributed by atoms with E-state index in [0.717, 1.165) is 9.88 Å². The van der Waals surface area contributed by atoms with Gasteiger partial charge in [-0.05, 0) is 45.9 Å². The highest BCUT2D eigenvalue weighted by Crippen LogP contribution is 2.29. The van der Waals surface area contributed by atoms with Gasteiger partial charge < -0.3 is 24.2 Å². The number of rotatable bonds is 5. The number of ether oxygens (including phenoxy) is 3. The molecule has 8 nitrogen and oxygen atoms in total. The first-order valence-electron chi connectivity index (χ1n) is 9.64. The summed E-state index contributed by atoms with van der Waals surface area (Å²) in [5.74, 6) is -0.629. The van der Waals surface area contributed by atoms with Crippen molar-refractivity contribution in [3.63, 3.8) is 0 Å². The zero-order valence-electron chi connectivity index (χ0n) is 17.5. The molecule has 0 aliphatic carbocycles. The first kappa shape index (κ1) is 22.0. The number of aromatic nitrogens is 1. The Morgan fingerprint density at radius 2 is 2.10 bits per heavy atom. The molecule has 0 spiro atoms. The smallest absolute Gasteiger partial charge is 0.410 e. The minimum Gasteiger partial charge on any atom is -0.491 e. The highest BCUT2D eigenvalue weighted by molar-refractivity contribution is 7.14. The number of hydrogen-bond donors (Lipinski definition) is 1. The molecular formula is C21H26N2O6S. The van der Waals surface area contributed by atoms with Gasteiger partial charge in [0.2, 0.25) is 0 Å². The zero-order valence-corrected chi connectivity index (χ0v) is 18.3. The Labute approximate surface area is 179 Å². The van der Waals surface area contributed by atoms with Gasteiger partial charge in [-0.3, -0.25) is 0 Å². The van der Waals surface area contributed by atoms with Crippen LogP contribution in [0, 0.1) is 6.92 Å². The summed E-state index contributed by atoms with van der Waals surface area (Å²) < 4.78 is 17.0. The maximum Gasteiger partial charge on any atom is 0.410 e. The second-order valence-electron chi connectivity index (χ2n) is 8.06. The third-order valence-electron chi connectivity index (χ3n) is 4.25. The van der Waals surface area contributed by atoms with Gasteiger partial charge in [0.1, 0.15) is 29.1 Å². The molecule has 1 aliphatic heterocycles. The van der Waals surface area contributed by atoms with Gasteiger partial charge in [0.25, 0.3) is 0 Å². The summed E-state index contributed by atoms with van der Waals surface area (Å²) in [7, 11) is 0. The summed E-state index contributed by atoms with van der Waals surface area (Å²) in [5, 5.41) is 10.2. The number of carbonyl (C=O) groups excluding carboxylic acids is 1. The van der Waals surface area contributed by atoms with E-state index < -0.39 is 11.6 Å². The van der Waals surface area contributed by atoms with E-state index in [2.05, 4.69) is 4.98 Å². The zero-order chi connectivity index (χ0) is 21.9. The number of amides is 1. The molecule has 0 saturated carbocycles. The largest absolute Gasteiger partial charge is 0.491 e. The standard InChI is InChI=1S/C21H26N2O6S/c1-13-10-22-18(30-13)14-7-15(19(24)25)9-16(8-14)28-12-17-11-23(5-6-27-17)20(26)29-21(2,3)4/h7-10,17H,5-6,11-12H2,1-4H3,(H,24,25)/t17-/m1/s1. The molecule has 2 aromatic rings. The van der Waals surface area contributed by atoms with Crippen LogP contribution in [0.4, 0.5) is 4.79 Å². The molecule has 0 radical (unpaired) electrons. The fourth-order valence-corrected chi connectivity index (χ4v) is 3.67. The molecule has 1 N–H and O–H groups in total. The number of carboxylic acids is 1. The van der Waals surface area contributed by atoms with E-state index in [0.29, 0.717) is 31.0 Å². The number of carbonyl (C=O) groups is 2. The predicted octanol–water partition coefficient (Wildman–Crippen LogP) is 3.83. The normalized spacial score (nSPS) is 16.9. The highest BCUT2D eigenvalue weighted by Gasteiger charge is 2.28. The van der Waals surface area contributed by atoms with Crippen LogP contribution in [-0.2, 0) is 9.47 Å². The molecule has 1 atom stereocenters. The third kappa shape index (κ3) is 5.93. The monoisotopic (exact) mass is 434 g/mol. The fourth-order valence-electron chi connectivity index (χ4n) is 2.92. The van der Waals surface area contributed by atoms with Gasteiger partial charge in [-0.1, -0.05) is 0 Å². The summed E-state index contributed by atoms with van der Waals surface area (Å²) in [6.45, 7) is 8.76. The van der Waals surface area contributed by atoms with E-state index in [-0.39, 0.29) is 24.4 Å². The van der Waals surface area contributed by atoms with Crippen molar-refractivity contribution in [3.8, 4) is 16.3 Å². The Morgan fingerprint density at radius 3 is 2.73 bits per heavy atom. The van der Waals surface area contributed by atoms with Gasteiger partial charge in [0.05, 0.1) is 18.7 Å². The summed E-state index contributed by atoms with van der Waals surface area (Å²) in [6, 6.07) is 4.81.